The third-order valence-electron chi connectivity index (χ3n) is 3.88. The van der Waals surface area contributed by atoms with E-state index in [0.717, 1.165) is 5.56 Å². The Morgan fingerprint density at radius 1 is 1.33 bits per heavy atom. The topological polar surface area (TPSA) is 92.4 Å². The summed E-state index contributed by atoms with van der Waals surface area (Å²) in [6.45, 7) is 3.56. The van der Waals surface area contributed by atoms with Gasteiger partial charge >= 0.3 is 5.97 Å². The number of nitrogens with one attached hydrogen (secondary N) is 1. The van der Waals surface area contributed by atoms with E-state index in [0.29, 0.717) is 12.8 Å². The summed E-state index contributed by atoms with van der Waals surface area (Å²) >= 11 is 0. The Bertz CT molecular complexity index is 476. The molecule has 0 aliphatic carbocycles. The minimum atomic E-state index is -0.919. The Hall–Kier alpha value is -1.88. The van der Waals surface area contributed by atoms with Gasteiger partial charge in [0.05, 0.1) is 5.41 Å². The van der Waals surface area contributed by atoms with E-state index in [4.69, 9.17) is 10.8 Å². The van der Waals surface area contributed by atoms with Crippen LogP contribution in [0, 0.1) is 5.41 Å². The van der Waals surface area contributed by atoms with Gasteiger partial charge in [-0.15, -0.1) is 0 Å². The monoisotopic (exact) mass is 292 g/mol. The van der Waals surface area contributed by atoms with Gasteiger partial charge in [-0.3, -0.25) is 9.59 Å². The van der Waals surface area contributed by atoms with Crippen molar-refractivity contribution in [3.8, 4) is 0 Å². The highest BCUT2D eigenvalue weighted by Crippen LogP contribution is 2.20. The van der Waals surface area contributed by atoms with Gasteiger partial charge in [-0.25, -0.2) is 0 Å². The SMILES string of the molecule is CCC(C)(CNC(=O)CCC(N)c1ccccc1)C(=O)O. The largest absolute Gasteiger partial charge is 0.481 e. The average molecular weight is 292 g/mol. The molecule has 116 valence electrons. The second-order valence-electron chi connectivity index (χ2n) is 5.55. The lowest BCUT2D eigenvalue weighted by molar-refractivity contribution is -0.148. The zero-order chi connectivity index (χ0) is 15.9. The molecule has 0 bridgehead atoms. The zero-order valence-electron chi connectivity index (χ0n) is 12.6. The van der Waals surface area contributed by atoms with E-state index in [9.17, 15) is 9.59 Å². The first-order valence-corrected chi connectivity index (χ1v) is 7.19. The van der Waals surface area contributed by atoms with Gasteiger partial charge in [0.25, 0.3) is 0 Å². The molecule has 0 aliphatic rings. The summed E-state index contributed by atoms with van der Waals surface area (Å²) in [5.74, 6) is -1.06. The number of carbonyl (C=O) groups excluding carboxylic acids is 1. The predicted octanol–water partition coefficient (Wildman–Crippen LogP) is 2.08. The maximum Gasteiger partial charge on any atom is 0.311 e. The van der Waals surface area contributed by atoms with Crippen LogP contribution in [0.1, 0.15) is 44.7 Å². The van der Waals surface area contributed by atoms with Crippen molar-refractivity contribution in [1.82, 2.24) is 5.32 Å². The van der Waals surface area contributed by atoms with Gasteiger partial charge in [0.1, 0.15) is 0 Å². The maximum absolute atomic E-state index is 11.8. The Balaban J connectivity index is 2.40. The number of rotatable bonds is 8. The molecule has 5 heteroatoms. The van der Waals surface area contributed by atoms with Crippen LogP contribution < -0.4 is 11.1 Å². The van der Waals surface area contributed by atoms with Gasteiger partial charge in [-0.2, -0.15) is 0 Å². The number of benzene rings is 1. The number of amides is 1. The summed E-state index contributed by atoms with van der Waals surface area (Å²) in [6, 6.07) is 9.42. The van der Waals surface area contributed by atoms with E-state index < -0.39 is 11.4 Å². The first-order chi connectivity index (χ1) is 9.89. The minimum absolute atomic E-state index is 0.137. The first-order valence-electron chi connectivity index (χ1n) is 7.19. The molecule has 0 saturated heterocycles. The third kappa shape index (κ3) is 5.19. The van der Waals surface area contributed by atoms with Gasteiger partial charge in [0.15, 0.2) is 0 Å². The first kappa shape index (κ1) is 17.2. The van der Waals surface area contributed by atoms with Crippen LogP contribution in [-0.4, -0.2) is 23.5 Å². The fraction of sp³-hybridized carbons (Fsp3) is 0.500. The van der Waals surface area contributed by atoms with Gasteiger partial charge in [0, 0.05) is 19.0 Å². The highest BCUT2D eigenvalue weighted by molar-refractivity contribution is 5.78. The lowest BCUT2D eigenvalue weighted by atomic mass is 9.87. The standard InChI is InChI=1S/C16H24N2O3/c1-3-16(2,15(20)21)11-18-14(19)10-9-13(17)12-7-5-4-6-8-12/h4-8,13H,3,9-11,17H2,1-2H3,(H,18,19)(H,20,21). The summed E-state index contributed by atoms with van der Waals surface area (Å²) < 4.78 is 0. The molecule has 2 atom stereocenters. The van der Waals surface area contributed by atoms with Gasteiger partial charge in [0.2, 0.25) is 5.91 Å². The van der Waals surface area contributed by atoms with Crippen LogP contribution in [0.4, 0.5) is 0 Å². The Morgan fingerprint density at radius 3 is 2.48 bits per heavy atom. The van der Waals surface area contributed by atoms with E-state index in [1.54, 1.807) is 13.8 Å². The summed E-state index contributed by atoms with van der Waals surface area (Å²) in [6.07, 6.45) is 1.29. The molecule has 0 fully saturated rings. The molecule has 1 amide bonds. The molecule has 1 aromatic rings. The van der Waals surface area contributed by atoms with Crippen LogP contribution in [0.25, 0.3) is 0 Å². The highest BCUT2D eigenvalue weighted by atomic mass is 16.4. The maximum atomic E-state index is 11.8. The number of nitrogens with two attached hydrogens (primary N) is 1. The third-order valence-corrected chi connectivity index (χ3v) is 3.88. The molecule has 5 nitrogen and oxygen atoms in total. The lowest BCUT2D eigenvalue weighted by Gasteiger charge is -2.23. The summed E-state index contributed by atoms with van der Waals surface area (Å²) in [4.78, 5) is 22.9. The van der Waals surface area contributed by atoms with Crippen molar-refractivity contribution in [3.05, 3.63) is 35.9 Å². The molecule has 2 unspecified atom stereocenters. The molecule has 0 aromatic heterocycles. The van der Waals surface area contributed by atoms with Crippen molar-refractivity contribution < 1.29 is 14.7 Å². The molecule has 0 saturated carbocycles. The average Bonchev–Trinajstić information content (AvgIpc) is 2.50. The molecule has 1 aromatic carbocycles. The summed E-state index contributed by atoms with van der Waals surface area (Å²) in [5.41, 5.74) is 6.10. The Kier molecular flexibility index (Phi) is 6.37. The molecule has 0 radical (unpaired) electrons. The number of hydrogen-bond donors (Lipinski definition) is 3. The Labute approximate surface area is 125 Å². The van der Waals surface area contributed by atoms with E-state index in [1.807, 2.05) is 30.3 Å². The smallest absolute Gasteiger partial charge is 0.311 e. The quantitative estimate of drug-likeness (QED) is 0.684. The van der Waals surface area contributed by atoms with Gasteiger partial charge < -0.3 is 16.2 Å². The van der Waals surface area contributed by atoms with Gasteiger partial charge in [-0.05, 0) is 25.3 Å². The van der Waals surface area contributed by atoms with Crippen molar-refractivity contribution in [2.75, 3.05) is 6.54 Å². The van der Waals surface area contributed by atoms with Crippen LogP contribution in [0.5, 0.6) is 0 Å². The zero-order valence-corrected chi connectivity index (χ0v) is 12.6. The minimum Gasteiger partial charge on any atom is -0.481 e. The van der Waals surface area contributed by atoms with E-state index >= 15 is 0 Å². The van der Waals surface area contributed by atoms with Crippen LogP contribution in [0.15, 0.2) is 30.3 Å². The van der Waals surface area contributed by atoms with Crippen molar-refractivity contribution in [2.45, 2.75) is 39.2 Å². The second-order valence-corrected chi connectivity index (χ2v) is 5.55. The van der Waals surface area contributed by atoms with Crippen LogP contribution >= 0.6 is 0 Å². The molecule has 1 rings (SSSR count). The lowest BCUT2D eigenvalue weighted by Crippen LogP contribution is -2.40. The van der Waals surface area contributed by atoms with Crippen molar-refractivity contribution in [2.24, 2.45) is 11.1 Å². The van der Waals surface area contributed by atoms with E-state index in [-0.39, 0.29) is 24.9 Å². The summed E-state index contributed by atoms with van der Waals surface area (Å²) in [5, 5.41) is 11.8. The fourth-order valence-electron chi connectivity index (χ4n) is 1.89. The number of hydrogen-bond acceptors (Lipinski definition) is 3. The number of carbonyl (C=O) groups is 2. The van der Waals surface area contributed by atoms with Crippen LogP contribution in [0.3, 0.4) is 0 Å². The predicted molar refractivity (Wildman–Crippen MR) is 81.6 cm³/mol. The normalized spacial score (nSPS) is 15.0. The van der Waals surface area contributed by atoms with Crippen molar-refractivity contribution in [3.63, 3.8) is 0 Å². The van der Waals surface area contributed by atoms with E-state index in [1.165, 1.54) is 0 Å². The van der Waals surface area contributed by atoms with Gasteiger partial charge in [-0.1, -0.05) is 37.3 Å². The van der Waals surface area contributed by atoms with Crippen molar-refractivity contribution >= 4 is 11.9 Å². The van der Waals surface area contributed by atoms with Crippen molar-refractivity contribution in [1.29, 1.82) is 0 Å². The molecular formula is C16H24N2O3. The molecule has 0 aliphatic heterocycles. The Morgan fingerprint density at radius 2 is 1.95 bits per heavy atom. The number of carboxylic acid groups (broad SMARTS) is 1. The van der Waals surface area contributed by atoms with E-state index in [2.05, 4.69) is 5.32 Å². The van der Waals surface area contributed by atoms with Crippen LogP contribution in [0.2, 0.25) is 0 Å². The fourth-order valence-corrected chi connectivity index (χ4v) is 1.89. The molecule has 4 N–H and O–H groups in total. The second kappa shape index (κ2) is 7.78. The number of aliphatic carboxylic acids is 1. The molecular weight excluding hydrogens is 268 g/mol. The number of carboxylic acids is 1. The molecule has 0 spiro atoms. The highest BCUT2D eigenvalue weighted by Gasteiger charge is 2.31. The summed E-state index contributed by atoms with van der Waals surface area (Å²) in [7, 11) is 0. The molecule has 0 heterocycles. The molecule has 21 heavy (non-hydrogen) atoms. The van der Waals surface area contributed by atoms with Crippen LogP contribution in [-0.2, 0) is 9.59 Å².